The van der Waals surface area contributed by atoms with E-state index in [1.54, 1.807) is 0 Å². The van der Waals surface area contributed by atoms with Gasteiger partial charge in [0, 0.05) is 10.9 Å². The molecule has 2 aromatic rings. The molecule has 0 amide bonds. The Labute approximate surface area is 98.2 Å². The molecule has 0 aliphatic rings. The van der Waals surface area contributed by atoms with Crippen LogP contribution in [0.5, 0.6) is 0 Å². The zero-order valence-corrected chi connectivity index (χ0v) is 10.2. The normalized spacial score (nSPS) is 9.20. The predicted octanol–water partition coefficient (Wildman–Crippen LogP) is 4.20. The number of hydrogen-bond donors (Lipinski definition) is 0. The molecule has 2 heteroatoms. The van der Waals surface area contributed by atoms with E-state index in [1.165, 1.54) is 10.8 Å². The molecule has 0 spiro atoms. The minimum Gasteiger partial charge on any atom is -0.303 e. The first-order valence-electron chi connectivity index (χ1n) is 4.86. The molecule has 0 heterocycles. The molecule has 78 valence electrons. The van der Waals surface area contributed by atoms with Gasteiger partial charge < -0.3 is 4.79 Å². The minimum atomic E-state index is 0.639. The van der Waals surface area contributed by atoms with Gasteiger partial charge in [0.2, 0.25) is 0 Å². The van der Waals surface area contributed by atoms with Crippen molar-refractivity contribution >= 4 is 33.0 Å². The Morgan fingerprint density at radius 3 is 2.33 bits per heavy atom. The highest BCUT2D eigenvalue weighted by atomic mass is 79.9. The topological polar surface area (TPSA) is 17.1 Å². The van der Waals surface area contributed by atoms with Crippen LogP contribution in [0.3, 0.4) is 0 Å². The summed E-state index contributed by atoms with van der Waals surface area (Å²) >= 11 is 3.43. The quantitative estimate of drug-likeness (QED) is 0.706. The van der Waals surface area contributed by atoms with Gasteiger partial charge in [0.1, 0.15) is 6.29 Å². The molecule has 0 unspecified atom stereocenters. The van der Waals surface area contributed by atoms with Gasteiger partial charge in [-0.15, -0.1) is 0 Å². The van der Waals surface area contributed by atoms with E-state index >= 15 is 0 Å². The Bertz CT molecular complexity index is 437. The van der Waals surface area contributed by atoms with Gasteiger partial charge in [0.15, 0.2) is 0 Å². The van der Waals surface area contributed by atoms with Crippen molar-refractivity contribution in [1.82, 2.24) is 0 Å². The summed E-state index contributed by atoms with van der Waals surface area (Å²) in [5.41, 5.74) is 0. The molecule has 2 aromatic carbocycles. The third-order valence-corrected chi connectivity index (χ3v) is 2.37. The van der Waals surface area contributed by atoms with Crippen LogP contribution in [-0.2, 0) is 4.79 Å². The van der Waals surface area contributed by atoms with E-state index in [0.717, 1.165) is 10.8 Å². The summed E-state index contributed by atoms with van der Waals surface area (Å²) in [6.45, 7) is 1.81. The molecule has 0 saturated heterocycles. The fourth-order valence-electron chi connectivity index (χ4n) is 1.16. The van der Waals surface area contributed by atoms with Crippen molar-refractivity contribution in [3.63, 3.8) is 0 Å². The van der Waals surface area contributed by atoms with E-state index < -0.39 is 0 Å². The molecule has 0 bridgehead atoms. The molecule has 1 nitrogen and oxygen atoms in total. The Morgan fingerprint density at radius 1 is 1.13 bits per heavy atom. The summed E-state index contributed by atoms with van der Waals surface area (Å²) in [5.74, 6) is 0. The lowest BCUT2D eigenvalue weighted by atomic mass is 10.1. The number of aldehydes is 1. The zero-order chi connectivity index (χ0) is 11.1. The smallest absolute Gasteiger partial charge is 0.119 e. The lowest BCUT2D eigenvalue weighted by molar-refractivity contribution is -0.107. The summed E-state index contributed by atoms with van der Waals surface area (Å²) in [4.78, 5) is 9.17. The Balaban J connectivity index is 0.000000245. The van der Waals surface area contributed by atoms with Gasteiger partial charge in [-0.1, -0.05) is 53.2 Å². The van der Waals surface area contributed by atoms with Crippen molar-refractivity contribution in [1.29, 1.82) is 0 Å². The standard InChI is InChI=1S/C10H7Br.C3H6O/c11-10-6-5-8-3-1-2-4-9(8)7-10;1-2-3-4/h1-7H;3H,2H2,1H3. The van der Waals surface area contributed by atoms with Crippen LogP contribution in [0.1, 0.15) is 13.3 Å². The van der Waals surface area contributed by atoms with Crippen LogP contribution < -0.4 is 0 Å². The SMILES string of the molecule is Brc1ccc2ccccc2c1.CCC=O. The Hall–Kier alpha value is -1.15. The summed E-state index contributed by atoms with van der Waals surface area (Å²) in [6, 6.07) is 14.6. The molecule has 0 aromatic heterocycles. The maximum absolute atomic E-state index is 9.17. The molecule has 0 radical (unpaired) electrons. The van der Waals surface area contributed by atoms with Gasteiger partial charge in [-0.3, -0.25) is 0 Å². The van der Waals surface area contributed by atoms with Gasteiger partial charge in [0.25, 0.3) is 0 Å². The van der Waals surface area contributed by atoms with Crippen LogP contribution in [0.25, 0.3) is 10.8 Å². The molecule has 0 saturated carbocycles. The van der Waals surface area contributed by atoms with Crippen LogP contribution >= 0.6 is 15.9 Å². The van der Waals surface area contributed by atoms with Crippen molar-refractivity contribution in [2.45, 2.75) is 13.3 Å². The molecule has 15 heavy (non-hydrogen) atoms. The molecule has 0 fully saturated rings. The molecule has 0 aliphatic heterocycles. The number of halogens is 1. The van der Waals surface area contributed by atoms with Crippen LogP contribution in [0, 0.1) is 0 Å². The van der Waals surface area contributed by atoms with E-state index in [2.05, 4.69) is 58.4 Å². The van der Waals surface area contributed by atoms with E-state index in [0.29, 0.717) is 6.42 Å². The summed E-state index contributed by atoms with van der Waals surface area (Å²) in [5, 5.41) is 2.57. The summed E-state index contributed by atoms with van der Waals surface area (Å²) in [6.07, 6.45) is 1.51. The maximum Gasteiger partial charge on any atom is 0.119 e. The second-order valence-corrected chi connectivity index (χ2v) is 3.98. The number of fused-ring (bicyclic) bond motifs is 1. The third-order valence-electron chi connectivity index (χ3n) is 1.88. The van der Waals surface area contributed by atoms with Gasteiger partial charge in [-0.25, -0.2) is 0 Å². The molecule has 0 atom stereocenters. The molecule has 0 N–H and O–H groups in total. The van der Waals surface area contributed by atoms with Gasteiger partial charge >= 0.3 is 0 Å². The molecule has 2 rings (SSSR count). The summed E-state index contributed by atoms with van der Waals surface area (Å²) < 4.78 is 1.14. The number of carbonyl (C=O) groups is 1. The lowest BCUT2D eigenvalue weighted by Crippen LogP contribution is -1.69. The van der Waals surface area contributed by atoms with Crippen molar-refractivity contribution < 1.29 is 4.79 Å². The van der Waals surface area contributed by atoms with E-state index in [1.807, 2.05) is 6.92 Å². The molecular formula is C13H13BrO. The monoisotopic (exact) mass is 264 g/mol. The van der Waals surface area contributed by atoms with Gasteiger partial charge in [-0.2, -0.15) is 0 Å². The van der Waals surface area contributed by atoms with Crippen molar-refractivity contribution in [2.75, 3.05) is 0 Å². The largest absolute Gasteiger partial charge is 0.303 e. The molecule has 0 aliphatic carbocycles. The van der Waals surface area contributed by atoms with Crippen LogP contribution in [0.15, 0.2) is 46.9 Å². The number of benzene rings is 2. The number of rotatable bonds is 1. The highest BCUT2D eigenvalue weighted by Gasteiger charge is 1.90. The number of carbonyl (C=O) groups excluding carboxylic acids is 1. The highest BCUT2D eigenvalue weighted by molar-refractivity contribution is 9.10. The molecular weight excluding hydrogens is 252 g/mol. The maximum atomic E-state index is 9.17. The van der Waals surface area contributed by atoms with Crippen molar-refractivity contribution in [3.05, 3.63) is 46.9 Å². The first-order valence-corrected chi connectivity index (χ1v) is 5.65. The number of hydrogen-bond acceptors (Lipinski definition) is 1. The Kier molecular flexibility index (Phi) is 5.05. The Morgan fingerprint density at radius 2 is 1.73 bits per heavy atom. The van der Waals surface area contributed by atoms with Crippen molar-refractivity contribution in [3.8, 4) is 0 Å². The van der Waals surface area contributed by atoms with Gasteiger partial charge in [0.05, 0.1) is 0 Å². The third kappa shape index (κ3) is 3.84. The fourth-order valence-corrected chi connectivity index (χ4v) is 1.54. The van der Waals surface area contributed by atoms with Crippen LogP contribution in [0.2, 0.25) is 0 Å². The first kappa shape index (κ1) is 11.9. The van der Waals surface area contributed by atoms with E-state index in [9.17, 15) is 4.79 Å². The van der Waals surface area contributed by atoms with Crippen LogP contribution in [0.4, 0.5) is 0 Å². The summed E-state index contributed by atoms with van der Waals surface area (Å²) in [7, 11) is 0. The minimum absolute atomic E-state index is 0.639. The fraction of sp³-hybridized carbons (Fsp3) is 0.154. The van der Waals surface area contributed by atoms with Gasteiger partial charge in [-0.05, 0) is 22.9 Å². The second kappa shape index (κ2) is 6.36. The average Bonchev–Trinajstić information content (AvgIpc) is 2.29. The van der Waals surface area contributed by atoms with Crippen molar-refractivity contribution in [2.24, 2.45) is 0 Å². The van der Waals surface area contributed by atoms with E-state index in [-0.39, 0.29) is 0 Å². The zero-order valence-electron chi connectivity index (χ0n) is 8.61. The highest BCUT2D eigenvalue weighted by Crippen LogP contribution is 2.18. The first-order chi connectivity index (χ1) is 7.27. The lowest BCUT2D eigenvalue weighted by Gasteiger charge is -1.95. The van der Waals surface area contributed by atoms with Crippen LogP contribution in [-0.4, -0.2) is 6.29 Å². The van der Waals surface area contributed by atoms with E-state index in [4.69, 9.17) is 0 Å². The second-order valence-electron chi connectivity index (χ2n) is 3.07. The predicted molar refractivity (Wildman–Crippen MR) is 68.0 cm³/mol. The average molecular weight is 265 g/mol.